The number of ketones is 1. The zero-order valence-electron chi connectivity index (χ0n) is 24.6. The summed E-state index contributed by atoms with van der Waals surface area (Å²) in [4.78, 5) is 39.4. The smallest absolute Gasteiger partial charge is 0.310 e. The highest BCUT2D eigenvalue weighted by molar-refractivity contribution is 6.04. The fourth-order valence-electron chi connectivity index (χ4n) is 8.15. The predicted octanol–water partition coefficient (Wildman–Crippen LogP) is 3.32. The summed E-state index contributed by atoms with van der Waals surface area (Å²) in [6, 6.07) is 9.29. The topological polar surface area (TPSA) is 130 Å². The molecule has 0 aromatic heterocycles. The van der Waals surface area contributed by atoms with Crippen molar-refractivity contribution >= 4 is 17.7 Å². The highest BCUT2D eigenvalue weighted by Crippen LogP contribution is 2.76. The minimum atomic E-state index is -1.88. The Balaban J connectivity index is 1.57. The average molecular weight is 567 g/mol. The standard InChI is InChI=1S/C33H42O8/c1-6-19(2)29(37)40-18-30(5)27-24-13-23(17-34)16-31(38)25(12-20(3)28(31)36)33(24,39)21(4)15-32(27,30)41-26(35)14-22-10-8-7-9-11-22/h7-13,19,21,24-25,27,34,38-39H,6,14-18H2,1-5H3. The fourth-order valence-corrected chi connectivity index (χ4v) is 8.15. The van der Waals surface area contributed by atoms with Crippen LogP contribution >= 0.6 is 0 Å². The molecule has 41 heavy (non-hydrogen) atoms. The molecule has 0 saturated heterocycles. The molecule has 4 aliphatic carbocycles. The van der Waals surface area contributed by atoms with Crippen molar-refractivity contribution in [1.82, 2.24) is 0 Å². The Bertz CT molecular complexity index is 1300. The van der Waals surface area contributed by atoms with E-state index in [0.717, 1.165) is 5.56 Å². The summed E-state index contributed by atoms with van der Waals surface area (Å²) in [6.45, 7) is 8.71. The SMILES string of the molecule is CCC(C)C(=O)OCC1(C)C2C3C=C(CO)CC4(O)C(=O)C(C)=CC4C3(O)C(C)CC21OC(=O)Cc1ccccc1. The van der Waals surface area contributed by atoms with E-state index in [0.29, 0.717) is 17.6 Å². The number of ether oxygens (including phenoxy) is 2. The van der Waals surface area contributed by atoms with Crippen molar-refractivity contribution in [3.05, 3.63) is 59.2 Å². The number of hydrogen-bond acceptors (Lipinski definition) is 8. The number of carbonyl (C=O) groups excluding carboxylic acids is 3. The van der Waals surface area contributed by atoms with Crippen molar-refractivity contribution in [3.8, 4) is 0 Å². The third-order valence-corrected chi connectivity index (χ3v) is 10.7. The van der Waals surface area contributed by atoms with E-state index >= 15 is 0 Å². The van der Waals surface area contributed by atoms with Crippen LogP contribution in [-0.4, -0.2) is 63.1 Å². The summed E-state index contributed by atoms with van der Waals surface area (Å²) in [7, 11) is 0. The van der Waals surface area contributed by atoms with Crippen LogP contribution in [0.2, 0.25) is 0 Å². The zero-order chi connectivity index (χ0) is 30.0. The second-order valence-corrected chi connectivity index (χ2v) is 13.1. The van der Waals surface area contributed by atoms with Gasteiger partial charge in [-0.05, 0) is 42.4 Å². The van der Waals surface area contributed by atoms with Crippen LogP contribution in [0.5, 0.6) is 0 Å². The Kier molecular flexibility index (Phi) is 7.36. The maximum atomic E-state index is 13.4. The number of aliphatic hydroxyl groups excluding tert-OH is 1. The van der Waals surface area contributed by atoms with E-state index < -0.39 is 64.2 Å². The van der Waals surface area contributed by atoms with Gasteiger partial charge in [0.25, 0.3) is 0 Å². The van der Waals surface area contributed by atoms with Crippen LogP contribution in [0.25, 0.3) is 0 Å². The number of fused-ring (bicyclic) bond motifs is 5. The molecule has 1 aromatic rings. The Morgan fingerprint density at radius 2 is 1.83 bits per heavy atom. The highest BCUT2D eigenvalue weighted by atomic mass is 16.6. The normalized spacial score (nSPS) is 39.8. The van der Waals surface area contributed by atoms with Gasteiger partial charge < -0.3 is 24.8 Å². The third-order valence-electron chi connectivity index (χ3n) is 10.7. The first-order valence-corrected chi connectivity index (χ1v) is 14.7. The van der Waals surface area contributed by atoms with Crippen LogP contribution in [0.1, 0.15) is 59.4 Å². The first kappa shape index (κ1) is 29.7. The summed E-state index contributed by atoms with van der Waals surface area (Å²) >= 11 is 0. The number of Topliss-reactive ketones (excluding diaryl/α,β-unsaturated/α-hetero) is 1. The van der Waals surface area contributed by atoms with Crippen molar-refractivity contribution in [3.63, 3.8) is 0 Å². The van der Waals surface area contributed by atoms with Crippen LogP contribution in [0.3, 0.4) is 0 Å². The summed E-state index contributed by atoms with van der Waals surface area (Å²) < 4.78 is 12.2. The van der Waals surface area contributed by atoms with Crippen molar-refractivity contribution in [1.29, 1.82) is 0 Å². The van der Waals surface area contributed by atoms with Crippen molar-refractivity contribution in [2.75, 3.05) is 13.2 Å². The lowest BCUT2D eigenvalue weighted by atomic mass is 9.60. The van der Waals surface area contributed by atoms with Gasteiger partial charge in [-0.1, -0.05) is 70.2 Å². The van der Waals surface area contributed by atoms with Gasteiger partial charge in [-0.2, -0.15) is 0 Å². The van der Waals surface area contributed by atoms with Crippen LogP contribution in [0, 0.1) is 35.0 Å². The lowest BCUT2D eigenvalue weighted by molar-refractivity contribution is -0.187. The van der Waals surface area contributed by atoms with E-state index in [-0.39, 0.29) is 37.8 Å². The average Bonchev–Trinajstić information content (AvgIpc) is 3.39. The summed E-state index contributed by atoms with van der Waals surface area (Å²) in [5, 5.41) is 34.6. The molecular weight excluding hydrogens is 524 g/mol. The summed E-state index contributed by atoms with van der Waals surface area (Å²) in [5.74, 6) is -4.08. The van der Waals surface area contributed by atoms with Gasteiger partial charge in [0.2, 0.25) is 0 Å². The molecule has 9 unspecified atom stereocenters. The Morgan fingerprint density at radius 3 is 2.46 bits per heavy atom. The van der Waals surface area contributed by atoms with Crippen molar-refractivity contribution in [2.24, 2.45) is 35.0 Å². The Labute approximate surface area is 241 Å². The lowest BCUT2D eigenvalue weighted by Gasteiger charge is -2.50. The number of rotatable bonds is 8. The first-order chi connectivity index (χ1) is 19.3. The molecule has 2 fully saturated rings. The molecule has 3 N–H and O–H groups in total. The number of hydrogen-bond donors (Lipinski definition) is 3. The lowest BCUT2D eigenvalue weighted by Crippen LogP contribution is -2.61. The van der Waals surface area contributed by atoms with E-state index in [4.69, 9.17) is 9.47 Å². The van der Waals surface area contributed by atoms with Gasteiger partial charge in [-0.25, -0.2) is 0 Å². The maximum absolute atomic E-state index is 13.4. The minimum Gasteiger partial charge on any atom is -0.465 e. The van der Waals surface area contributed by atoms with Crippen molar-refractivity contribution in [2.45, 2.75) is 77.1 Å². The van der Waals surface area contributed by atoms with Gasteiger partial charge in [0.1, 0.15) is 17.8 Å². The minimum absolute atomic E-state index is 0.0101. The van der Waals surface area contributed by atoms with Gasteiger partial charge in [-0.15, -0.1) is 0 Å². The number of esters is 2. The van der Waals surface area contributed by atoms with Gasteiger partial charge in [0, 0.05) is 29.6 Å². The monoisotopic (exact) mass is 566 g/mol. The molecular formula is C33H42O8. The second-order valence-electron chi connectivity index (χ2n) is 13.1. The number of aliphatic hydroxyl groups is 3. The molecule has 0 aliphatic heterocycles. The number of carbonyl (C=O) groups is 3. The molecule has 8 nitrogen and oxygen atoms in total. The van der Waals surface area contributed by atoms with Crippen LogP contribution in [0.4, 0.5) is 0 Å². The van der Waals surface area contributed by atoms with Gasteiger partial charge in [0.15, 0.2) is 5.78 Å². The Morgan fingerprint density at radius 1 is 1.15 bits per heavy atom. The van der Waals surface area contributed by atoms with Crippen LogP contribution in [-0.2, 0) is 30.3 Å². The molecule has 8 heteroatoms. The molecule has 9 atom stereocenters. The van der Waals surface area contributed by atoms with E-state index in [1.54, 1.807) is 26.0 Å². The predicted molar refractivity (Wildman–Crippen MR) is 150 cm³/mol. The second kappa shape index (κ2) is 10.2. The molecule has 5 rings (SSSR count). The third kappa shape index (κ3) is 4.33. The van der Waals surface area contributed by atoms with E-state index in [1.165, 1.54) is 0 Å². The zero-order valence-corrected chi connectivity index (χ0v) is 24.6. The Hall–Kier alpha value is -2.81. The fraction of sp³-hybridized carbons (Fsp3) is 0.606. The quantitative estimate of drug-likeness (QED) is 0.323. The molecule has 0 amide bonds. The van der Waals surface area contributed by atoms with Crippen LogP contribution < -0.4 is 0 Å². The van der Waals surface area contributed by atoms with E-state index in [2.05, 4.69) is 0 Å². The highest BCUT2D eigenvalue weighted by Gasteiger charge is 2.85. The van der Waals surface area contributed by atoms with Crippen molar-refractivity contribution < 1.29 is 39.2 Å². The molecule has 4 aliphatic rings. The van der Waals surface area contributed by atoms with Crippen LogP contribution in [0.15, 0.2) is 53.6 Å². The summed E-state index contributed by atoms with van der Waals surface area (Å²) in [5.41, 5.74) is -3.71. The van der Waals surface area contributed by atoms with Gasteiger partial charge in [0.05, 0.1) is 24.5 Å². The summed E-state index contributed by atoms with van der Waals surface area (Å²) in [6.07, 6.45) is 4.29. The van der Waals surface area contributed by atoms with Gasteiger partial charge >= 0.3 is 11.9 Å². The number of benzene rings is 1. The largest absolute Gasteiger partial charge is 0.465 e. The molecule has 0 bridgehead atoms. The van der Waals surface area contributed by atoms with Gasteiger partial charge in [-0.3, -0.25) is 14.4 Å². The van der Waals surface area contributed by atoms with E-state index in [1.807, 2.05) is 51.1 Å². The molecule has 0 spiro atoms. The molecule has 222 valence electrons. The molecule has 2 saturated carbocycles. The molecule has 0 radical (unpaired) electrons. The molecule has 1 aromatic carbocycles. The first-order valence-electron chi connectivity index (χ1n) is 14.7. The maximum Gasteiger partial charge on any atom is 0.310 e. The molecule has 0 heterocycles. The van der Waals surface area contributed by atoms with E-state index in [9.17, 15) is 29.7 Å².